The zero-order valence-corrected chi connectivity index (χ0v) is 15.7. The van der Waals surface area contributed by atoms with Gasteiger partial charge in [0.2, 0.25) is 0 Å². The van der Waals surface area contributed by atoms with Gasteiger partial charge in [-0.05, 0) is 0 Å². The van der Waals surface area contributed by atoms with Crippen molar-refractivity contribution in [2.45, 2.75) is 13.2 Å². The van der Waals surface area contributed by atoms with E-state index in [-0.39, 0.29) is 0 Å². The molecule has 19 nitrogen and oxygen atoms in total. The van der Waals surface area contributed by atoms with Crippen LogP contribution in [0.4, 0.5) is 34.1 Å². The SMILES string of the molecule is O=[N+]([O-])c1cc([N+](=O)[O-])c(COCc2c([N+](=O)[O-])cc([N+](=O)[O-])cc2[N+](=O)[O-])c([N+](=O)[O-])c1. The van der Waals surface area contributed by atoms with E-state index in [1.54, 1.807) is 0 Å². The molecule has 2 rings (SSSR count). The Bertz CT molecular complexity index is 1060. The number of nitrogens with zero attached hydrogens (tertiary/aromatic N) is 6. The van der Waals surface area contributed by atoms with Crippen molar-refractivity contribution in [2.24, 2.45) is 0 Å². The molecule has 33 heavy (non-hydrogen) atoms. The van der Waals surface area contributed by atoms with Crippen LogP contribution < -0.4 is 0 Å². The van der Waals surface area contributed by atoms with Crippen LogP contribution in [-0.4, -0.2) is 29.5 Å². The van der Waals surface area contributed by atoms with Gasteiger partial charge in [-0.15, -0.1) is 0 Å². The maximum Gasteiger partial charge on any atom is 0.288 e. The number of nitro benzene ring substituents is 6. The Hall–Kier alpha value is -5.20. The first kappa shape index (κ1) is 24.1. The van der Waals surface area contributed by atoms with E-state index in [2.05, 4.69) is 0 Å². The normalized spacial score (nSPS) is 10.4. The van der Waals surface area contributed by atoms with E-state index in [9.17, 15) is 60.7 Å². The molecule has 0 unspecified atom stereocenters. The van der Waals surface area contributed by atoms with Gasteiger partial charge in [-0.1, -0.05) is 0 Å². The van der Waals surface area contributed by atoms with Gasteiger partial charge in [0.25, 0.3) is 34.1 Å². The number of ether oxygens (including phenoxy) is 1. The Morgan fingerprint density at radius 3 is 0.909 bits per heavy atom. The van der Waals surface area contributed by atoms with Crippen molar-refractivity contribution in [3.8, 4) is 0 Å². The number of non-ortho nitro benzene ring substituents is 2. The van der Waals surface area contributed by atoms with Crippen LogP contribution in [0.25, 0.3) is 0 Å². The molecule has 0 aliphatic rings. The predicted octanol–water partition coefficient (Wildman–Crippen LogP) is 2.85. The fraction of sp³-hybridized carbons (Fsp3) is 0.143. The number of rotatable bonds is 10. The van der Waals surface area contributed by atoms with Gasteiger partial charge in [0.15, 0.2) is 0 Å². The van der Waals surface area contributed by atoms with Crippen LogP contribution in [0.15, 0.2) is 24.3 Å². The molecular formula is C14H8N6O13. The fourth-order valence-corrected chi connectivity index (χ4v) is 2.67. The van der Waals surface area contributed by atoms with Gasteiger partial charge in [0.1, 0.15) is 11.1 Å². The lowest BCUT2D eigenvalue weighted by molar-refractivity contribution is -0.404. The molecule has 0 saturated heterocycles. The molecule has 0 aliphatic heterocycles. The number of hydrogen-bond donors (Lipinski definition) is 0. The molecule has 0 atom stereocenters. The maximum atomic E-state index is 11.3. The maximum absolute atomic E-state index is 11.3. The molecule has 0 heterocycles. The Kier molecular flexibility index (Phi) is 6.78. The molecule has 0 saturated carbocycles. The second-order valence-corrected chi connectivity index (χ2v) is 5.96. The van der Waals surface area contributed by atoms with Crippen LogP contribution in [-0.2, 0) is 18.0 Å². The minimum atomic E-state index is -1.16. The zero-order valence-electron chi connectivity index (χ0n) is 15.7. The highest BCUT2D eigenvalue weighted by Gasteiger charge is 2.33. The Morgan fingerprint density at radius 2 is 0.727 bits per heavy atom. The summed E-state index contributed by atoms with van der Waals surface area (Å²) in [5, 5.41) is 66.8. The van der Waals surface area contributed by atoms with Crippen molar-refractivity contribution in [2.75, 3.05) is 0 Å². The van der Waals surface area contributed by atoms with Crippen molar-refractivity contribution < 1.29 is 34.3 Å². The highest BCUT2D eigenvalue weighted by atomic mass is 16.6. The van der Waals surface area contributed by atoms with Crippen molar-refractivity contribution >= 4 is 34.1 Å². The second-order valence-electron chi connectivity index (χ2n) is 5.96. The van der Waals surface area contributed by atoms with Gasteiger partial charge in [-0.3, -0.25) is 60.7 Å². The van der Waals surface area contributed by atoms with E-state index < -0.39 is 88.0 Å². The first-order valence-electron chi connectivity index (χ1n) is 8.13. The van der Waals surface area contributed by atoms with E-state index >= 15 is 0 Å². The van der Waals surface area contributed by atoms with Gasteiger partial charge < -0.3 is 4.74 Å². The molecule has 0 aliphatic carbocycles. The summed E-state index contributed by atoms with van der Waals surface area (Å²) in [6.45, 7) is -2.01. The molecule has 0 fully saturated rings. The first-order chi connectivity index (χ1) is 15.3. The average molecular weight is 468 g/mol. The molecule has 2 aromatic carbocycles. The van der Waals surface area contributed by atoms with Crippen molar-refractivity contribution in [1.82, 2.24) is 0 Å². The zero-order chi connectivity index (χ0) is 25.0. The molecular weight excluding hydrogens is 460 g/mol. The van der Waals surface area contributed by atoms with Gasteiger partial charge in [-0.25, -0.2) is 0 Å². The van der Waals surface area contributed by atoms with Crippen molar-refractivity contribution in [3.05, 3.63) is 96.1 Å². The molecule has 0 amide bonds. The van der Waals surface area contributed by atoms with Crippen LogP contribution in [0.5, 0.6) is 0 Å². The standard InChI is InChI=1S/C14H8N6O13/c21-15(22)7-1-11(17(25)26)9(12(2-7)18(27)28)5-33-6-10-13(19(29)30)3-8(16(23)24)4-14(10)20(31)32/h1-4H,5-6H2. The predicted molar refractivity (Wildman–Crippen MR) is 101 cm³/mol. The van der Waals surface area contributed by atoms with Gasteiger partial charge in [0.05, 0.1) is 67.0 Å². The van der Waals surface area contributed by atoms with E-state index in [1.165, 1.54) is 0 Å². The Morgan fingerprint density at radius 1 is 0.485 bits per heavy atom. The third kappa shape index (κ3) is 5.11. The number of hydrogen-bond acceptors (Lipinski definition) is 13. The highest BCUT2D eigenvalue weighted by Crippen LogP contribution is 2.37. The van der Waals surface area contributed by atoms with Crippen LogP contribution >= 0.6 is 0 Å². The average Bonchev–Trinajstić information content (AvgIpc) is 2.72. The molecule has 0 aromatic heterocycles. The van der Waals surface area contributed by atoms with Crippen molar-refractivity contribution in [1.29, 1.82) is 0 Å². The monoisotopic (exact) mass is 468 g/mol. The van der Waals surface area contributed by atoms with Crippen LogP contribution in [0.2, 0.25) is 0 Å². The Balaban J connectivity index is 2.53. The first-order valence-corrected chi connectivity index (χ1v) is 8.13. The topological polar surface area (TPSA) is 268 Å². The third-order valence-electron chi connectivity index (χ3n) is 4.08. The molecule has 0 spiro atoms. The summed E-state index contributed by atoms with van der Waals surface area (Å²) in [6, 6.07) is 1.73. The van der Waals surface area contributed by atoms with Gasteiger partial charge in [-0.2, -0.15) is 0 Å². The number of nitro groups is 6. The highest BCUT2D eigenvalue weighted by molar-refractivity contribution is 5.61. The van der Waals surface area contributed by atoms with Crippen LogP contribution in [0.1, 0.15) is 11.1 Å². The fourth-order valence-electron chi connectivity index (χ4n) is 2.67. The summed E-state index contributed by atoms with van der Waals surface area (Å²) < 4.78 is 5.01. The summed E-state index contributed by atoms with van der Waals surface area (Å²) in [5.74, 6) is 0. The Labute approximate surface area is 178 Å². The summed E-state index contributed by atoms with van der Waals surface area (Å²) in [4.78, 5) is 60.0. The molecule has 0 radical (unpaired) electrons. The lowest BCUT2D eigenvalue weighted by Crippen LogP contribution is -2.07. The van der Waals surface area contributed by atoms with E-state index in [0.717, 1.165) is 0 Å². The van der Waals surface area contributed by atoms with E-state index in [0.29, 0.717) is 24.3 Å². The largest absolute Gasteiger partial charge is 0.371 e. The molecule has 0 bridgehead atoms. The van der Waals surface area contributed by atoms with E-state index in [1.807, 2.05) is 0 Å². The quantitative estimate of drug-likeness (QED) is 0.358. The van der Waals surface area contributed by atoms with Gasteiger partial charge in [0, 0.05) is 0 Å². The summed E-state index contributed by atoms with van der Waals surface area (Å²) in [6.07, 6.45) is 0. The number of benzene rings is 2. The third-order valence-corrected chi connectivity index (χ3v) is 4.08. The molecule has 19 heteroatoms. The molecule has 2 aromatic rings. The van der Waals surface area contributed by atoms with Crippen LogP contribution in [0, 0.1) is 60.7 Å². The smallest absolute Gasteiger partial charge is 0.288 e. The van der Waals surface area contributed by atoms with Gasteiger partial charge >= 0.3 is 0 Å². The second kappa shape index (κ2) is 9.30. The summed E-state index contributed by atoms with van der Waals surface area (Å²) >= 11 is 0. The minimum Gasteiger partial charge on any atom is -0.371 e. The van der Waals surface area contributed by atoms with Crippen LogP contribution in [0.3, 0.4) is 0 Å². The van der Waals surface area contributed by atoms with E-state index in [4.69, 9.17) is 4.74 Å². The minimum absolute atomic E-state index is 0.433. The molecule has 0 N–H and O–H groups in total. The summed E-state index contributed by atoms with van der Waals surface area (Å²) in [5.41, 5.74) is -7.68. The van der Waals surface area contributed by atoms with Crippen molar-refractivity contribution in [3.63, 3.8) is 0 Å². The lowest BCUT2D eigenvalue weighted by Gasteiger charge is -2.08. The summed E-state index contributed by atoms with van der Waals surface area (Å²) in [7, 11) is 0. The lowest BCUT2D eigenvalue weighted by atomic mass is 10.1. The molecule has 172 valence electrons.